The van der Waals surface area contributed by atoms with E-state index in [1.165, 1.54) is 0 Å². The van der Waals surface area contributed by atoms with Crippen molar-refractivity contribution in [2.24, 2.45) is 5.41 Å². The second kappa shape index (κ2) is 11.7. The number of allylic oxidation sites excluding steroid dienone is 2. The van der Waals surface area contributed by atoms with Crippen LogP contribution < -0.4 is 15.4 Å². The fourth-order valence-corrected chi connectivity index (χ4v) is 4.15. The summed E-state index contributed by atoms with van der Waals surface area (Å²) in [7, 11) is 1.58. The maximum Gasteiger partial charge on any atom is 0.258 e. The van der Waals surface area contributed by atoms with E-state index in [4.69, 9.17) is 9.47 Å². The van der Waals surface area contributed by atoms with Crippen LogP contribution in [0.3, 0.4) is 0 Å². The van der Waals surface area contributed by atoms with Gasteiger partial charge in [-0.15, -0.1) is 0 Å². The molecule has 0 aliphatic carbocycles. The Bertz CT molecular complexity index is 831. The molecule has 0 aromatic heterocycles. The first kappa shape index (κ1) is 23.8. The third-order valence-corrected chi connectivity index (χ3v) is 6.15. The average Bonchev–Trinajstić information content (AvgIpc) is 2.82. The van der Waals surface area contributed by atoms with Crippen molar-refractivity contribution in [3.05, 3.63) is 42.0 Å². The molecule has 8 nitrogen and oxygen atoms in total. The third-order valence-electron chi connectivity index (χ3n) is 6.15. The molecule has 174 valence electrons. The number of rotatable bonds is 3. The Morgan fingerprint density at radius 3 is 2.66 bits per heavy atom. The highest BCUT2D eigenvalue weighted by molar-refractivity contribution is 5.84. The third kappa shape index (κ3) is 6.32. The van der Waals surface area contributed by atoms with E-state index in [1.807, 2.05) is 35.2 Å². The molecule has 1 aromatic rings. The van der Waals surface area contributed by atoms with E-state index in [-0.39, 0.29) is 24.3 Å². The molecule has 1 fully saturated rings. The molecular weight excluding hydrogens is 410 g/mol. The number of fused-ring (bicyclic) bond motifs is 1. The lowest BCUT2D eigenvalue weighted by atomic mass is 9.74. The van der Waals surface area contributed by atoms with E-state index in [1.54, 1.807) is 7.11 Å². The van der Waals surface area contributed by atoms with Gasteiger partial charge < -0.3 is 25.0 Å². The van der Waals surface area contributed by atoms with Crippen molar-refractivity contribution < 1.29 is 23.9 Å². The van der Waals surface area contributed by atoms with Gasteiger partial charge in [-0.25, -0.2) is 0 Å². The highest BCUT2D eigenvalue weighted by atomic mass is 16.5. The van der Waals surface area contributed by atoms with Gasteiger partial charge in [0.1, 0.15) is 5.75 Å². The van der Waals surface area contributed by atoms with Crippen LogP contribution in [-0.4, -0.2) is 69.1 Å². The molecule has 1 aromatic carbocycles. The van der Waals surface area contributed by atoms with Gasteiger partial charge >= 0.3 is 0 Å². The number of methoxy groups -OCH3 is 1. The SMILES string of the molecule is COCCC(=O)N1CCC2(C/C=C/Cc3ccccc3OCC(=O)NCCNC2=O)CC1. The number of benzene rings is 1. The number of hydrogen-bond donors (Lipinski definition) is 2. The number of carbonyl (C=O) groups excluding carboxylic acids is 3. The Morgan fingerprint density at radius 2 is 1.88 bits per heavy atom. The van der Waals surface area contributed by atoms with E-state index in [2.05, 4.69) is 16.7 Å². The summed E-state index contributed by atoms with van der Waals surface area (Å²) in [5, 5.41) is 5.75. The summed E-state index contributed by atoms with van der Waals surface area (Å²) in [5.74, 6) is 0.507. The van der Waals surface area contributed by atoms with E-state index in [0.717, 1.165) is 5.56 Å². The van der Waals surface area contributed by atoms with E-state index >= 15 is 0 Å². The Hall–Kier alpha value is -2.87. The summed E-state index contributed by atoms with van der Waals surface area (Å²) >= 11 is 0. The molecule has 3 rings (SSSR count). The van der Waals surface area contributed by atoms with Gasteiger partial charge in [0, 0.05) is 33.3 Å². The van der Waals surface area contributed by atoms with Crippen LogP contribution in [0.5, 0.6) is 5.75 Å². The molecule has 3 amide bonds. The van der Waals surface area contributed by atoms with Crippen molar-refractivity contribution in [1.29, 1.82) is 0 Å². The molecule has 2 N–H and O–H groups in total. The zero-order chi connectivity index (χ0) is 22.8. The van der Waals surface area contributed by atoms with Gasteiger partial charge in [0.2, 0.25) is 11.8 Å². The summed E-state index contributed by atoms with van der Waals surface area (Å²) in [6.45, 7) is 2.13. The topological polar surface area (TPSA) is 97.0 Å². The minimum absolute atomic E-state index is 0.0214. The fraction of sp³-hybridized carbons (Fsp3) is 0.542. The van der Waals surface area contributed by atoms with Crippen molar-refractivity contribution >= 4 is 17.7 Å². The second-order valence-corrected chi connectivity index (χ2v) is 8.29. The van der Waals surface area contributed by atoms with Crippen molar-refractivity contribution in [2.45, 2.75) is 32.1 Å². The van der Waals surface area contributed by atoms with E-state index in [9.17, 15) is 14.4 Å². The van der Waals surface area contributed by atoms with Gasteiger partial charge in [-0.05, 0) is 37.3 Å². The molecule has 2 aliphatic heterocycles. The van der Waals surface area contributed by atoms with Crippen LogP contribution in [0.1, 0.15) is 31.2 Å². The highest BCUT2D eigenvalue weighted by Crippen LogP contribution is 2.36. The molecule has 32 heavy (non-hydrogen) atoms. The Kier molecular flexibility index (Phi) is 8.67. The standard InChI is InChI=1S/C24H33N3O5/c1-31-17-9-22(29)27-15-11-24(12-16-27)10-5-4-7-19-6-2-3-8-20(19)32-18-21(28)25-13-14-26-23(24)30/h2-6,8H,7,9-18H2,1H3,(H,25,28)(H,26,30)/b5-4+. The van der Waals surface area contributed by atoms with E-state index in [0.29, 0.717) is 70.6 Å². The fourth-order valence-electron chi connectivity index (χ4n) is 4.15. The van der Waals surface area contributed by atoms with Crippen LogP contribution in [0, 0.1) is 5.41 Å². The number of nitrogens with zero attached hydrogens (tertiary/aromatic N) is 1. The monoisotopic (exact) mass is 443 g/mol. The molecule has 0 unspecified atom stereocenters. The molecule has 2 heterocycles. The minimum Gasteiger partial charge on any atom is -0.483 e. The van der Waals surface area contributed by atoms with Crippen LogP contribution in [-0.2, 0) is 25.5 Å². The lowest BCUT2D eigenvalue weighted by Gasteiger charge is -2.40. The van der Waals surface area contributed by atoms with Crippen molar-refractivity contribution in [2.75, 3.05) is 46.5 Å². The molecule has 0 bridgehead atoms. The quantitative estimate of drug-likeness (QED) is 0.690. The zero-order valence-electron chi connectivity index (χ0n) is 18.7. The van der Waals surface area contributed by atoms with Gasteiger partial charge in [-0.2, -0.15) is 0 Å². The normalized spacial score (nSPS) is 20.7. The molecule has 0 atom stereocenters. The number of piperidine rings is 1. The smallest absolute Gasteiger partial charge is 0.258 e. The Balaban J connectivity index is 1.72. The molecule has 1 spiro atoms. The number of carbonyl (C=O) groups is 3. The first-order chi connectivity index (χ1) is 15.5. The number of amides is 3. The maximum atomic E-state index is 13.2. The van der Waals surface area contributed by atoms with Crippen molar-refractivity contribution in [3.8, 4) is 5.75 Å². The number of para-hydroxylation sites is 1. The summed E-state index contributed by atoms with van der Waals surface area (Å²) in [6.07, 6.45) is 6.93. The summed E-state index contributed by atoms with van der Waals surface area (Å²) in [4.78, 5) is 39.4. The van der Waals surface area contributed by atoms with Crippen LogP contribution in [0.15, 0.2) is 36.4 Å². The van der Waals surface area contributed by atoms with Crippen LogP contribution >= 0.6 is 0 Å². The average molecular weight is 444 g/mol. The largest absolute Gasteiger partial charge is 0.483 e. The summed E-state index contributed by atoms with van der Waals surface area (Å²) < 4.78 is 10.7. The van der Waals surface area contributed by atoms with Crippen LogP contribution in [0.25, 0.3) is 0 Å². The second-order valence-electron chi connectivity index (χ2n) is 8.29. The number of nitrogens with one attached hydrogen (secondary N) is 2. The maximum absolute atomic E-state index is 13.2. The lowest BCUT2D eigenvalue weighted by molar-refractivity contribution is -0.141. The lowest BCUT2D eigenvalue weighted by Crippen LogP contribution is -2.51. The van der Waals surface area contributed by atoms with Crippen molar-refractivity contribution in [1.82, 2.24) is 15.5 Å². The number of likely N-dealkylation sites (tertiary alicyclic amines) is 1. The van der Waals surface area contributed by atoms with Gasteiger partial charge in [-0.1, -0.05) is 30.4 Å². The number of ether oxygens (including phenoxy) is 2. The first-order valence-electron chi connectivity index (χ1n) is 11.2. The summed E-state index contributed by atoms with van der Waals surface area (Å²) in [6, 6.07) is 7.66. The first-order valence-corrected chi connectivity index (χ1v) is 11.2. The van der Waals surface area contributed by atoms with Crippen LogP contribution in [0.4, 0.5) is 0 Å². The van der Waals surface area contributed by atoms with Crippen molar-refractivity contribution in [3.63, 3.8) is 0 Å². The van der Waals surface area contributed by atoms with E-state index < -0.39 is 5.41 Å². The molecule has 2 aliphatic rings. The predicted molar refractivity (Wildman–Crippen MR) is 120 cm³/mol. The molecule has 1 saturated heterocycles. The van der Waals surface area contributed by atoms with Gasteiger partial charge in [0.15, 0.2) is 6.61 Å². The molecular formula is C24H33N3O5. The highest BCUT2D eigenvalue weighted by Gasteiger charge is 2.41. The summed E-state index contributed by atoms with van der Waals surface area (Å²) in [5.41, 5.74) is 0.429. The van der Waals surface area contributed by atoms with Gasteiger partial charge in [0.25, 0.3) is 5.91 Å². The van der Waals surface area contributed by atoms with Gasteiger partial charge in [-0.3, -0.25) is 14.4 Å². The molecule has 0 saturated carbocycles. The molecule has 8 heteroatoms. The minimum atomic E-state index is -0.561. The Morgan fingerprint density at radius 1 is 1.12 bits per heavy atom. The predicted octanol–water partition coefficient (Wildman–Crippen LogP) is 1.45. The molecule has 0 radical (unpaired) electrons. The van der Waals surface area contributed by atoms with Gasteiger partial charge in [0.05, 0.1) is 18.4 Å². The zero-order valence-corrected chi connectivity index (χ0v) is 18.7. The number of hydrogen-bond acceptors (Lipinski definition) is 5. The Labute approximate surface area is 189 Å². The van der Waals surface area contributed by atoms with Crippen LogP contribution in [0.2, 0.25) is 0 Å².